The van der Waals surface area contributed by atoms with Gasteiger partial charge in [0, 0.05) is 44.5 Å². The molecule has 0 saturated carbocycles. The highest BCUT2D eigenvalue weighted by Crippen LogP contribution is 2.28. The predicted molar refractivity (Wildman–Crippen MR) is 147 cm³/mol. The molecular formula is C25H34Cl2N6O3S. The minimum Gasteiger partial charge on any atom is -0.321 e. The van der Waals surface area contributed by atoms with Gasteiger partial charge in [-0.05, 0) is 81.7 Å². The first kappa shape index (κ1) is 28.1. The van der Waals surface area contributed by atoms with Crippen molar-refractivity contribution in [3.63, 3.8) is 0 Å². The summed E-state index contributed by atoms with van der Waals surface area (Å²) in [5.74, 6) is 0. The maximum atomic E-state index is 13.5. The Morgan fingerprint density at radius 1 is 1.11 bits per heavy atom. The number of likely N-dealkylation sites (N-methyl/N-ethyl adjacent to an activating group) is 1. The first-order valence-electron chi connectivity index (χ1n) is 12.5. The lowest BCUT2D eigenvalue weighted by atomic mass is 9.87. The van der Waals surface area contributed by atoms with Gasteiger partial charge in [-0.15, -0.1) is 0 Å². The van der Waals surface area contributed by atoms with E-state index < -0.39 is 10.0 Å². The molecular weight excluding hydrogens is 535 g/mol. The van der Waals surface area contributed by atoms with Crippen molar-refractivity contribution in [2.75, 3.05) is 58.7 Å². The Bertz CT molecular complexity index is 1200. The summed E-state index contributed by atoms with van der Waals surface area (Å²) >= 11 is 12.1. The zero-order valence-electron chi connectivity index (χ0n) is 21.2. The van der Waals surface area contributed by atoms with E-state index in [1.165, 1.54) is 7.05 Å². The Morgan fingerprint density at radius 3 is 2.49 bits per heavy atom. The van der Waals surface area contributed by atoms with Gasteiger partial charge in [-0.2, -0.15) is 0 Å². The van der Waals surface area contributed by atoms with E-state index in [4.69, 9.17) is 23.2 Å². The first-order valence-corrected chi connectivity index (χ1v) is 14.8. The Hall–Kier alpha value is -1.95. The lowest BCUT2D eigenvalue weighted by molar-refractivity contribution is 0.140. The molecule has 2 N–H and O–H groups in total. The fourth-order valence-corrected chi connectivity index (χ4v) is 6.22. The number of aromatic nitrogens is 1. The van der Waals surface area contributed by atoms with Crippen LogP contribution in [0.25, 0.3) is 0 Å². The summed E-state index contributed by atoms with van der Waals surface area (Å²) < 4.78 is 27.1. The molecule has 2 aromatic rings. The van der Waals surface area contributed by atoms with E-state index in [0.29, 0.717) is 18.7 Å². The Morgan fingerprint density at radius 2 is 1.81 bits per heavy atom. The van der Waals surface area contributed by atoms with E-state index >= 15 is 0 Å². The molecule has 12 heteroatoms. The van der Waals surface area contributed by atoms with Crippen LogP contribution in [0.4, 0.5) is 10.5 Å². The standard InChI is InChI=1S/C25H34Cl2N6O3S/c1-28-37(35,36)22-7-5-18-4-6-21(14-19(18)15-22)33(9-3-8-32-12-10-31(2)11-13-32)25(34)29-20-16-23(26)30-24(27)17-20/h5,7,15-17,21,28H,3-4,6,8-14H2,1-2H3,(H,29,30,34). The SMILES string of the molecule is CNS(=O)(=O)c1ccc2c(c1)CC(N(CCCN1CCN(C)CC1)C(=O)Nc1cc(Cl)nc(Cl)c1)CC2. The van der Waals surface area contributed by atoms with Crippen LogP contribution in [-0.4, -0.2) is 93.5 Å². The number of carbonyl (C=O) groups excluding carboxylic acids is 1. The second-order valence-corrected chi connectivity index (χ2v) is 12.3. The molecule has 0 radical (unpaired) electrons. The number of sulfonamides is 1. The first-order chi connectivity index (χ1) is 17.6. The van der Waals surface area contributed by atoms with Crippen LogP contribution in [0.2, 0.25) is 10.3 Å². The Kier molecular flexibility index (Phi) is 9.31. The minimum atomic E-state index is -3.55. The summed E-state index contributed by atoms with van der Waals surface area (Å²) in [7, 11) is -0.00943. The van der Waals surface area contributed by atoms with Crippen LogP contribution < -0.4 is 10.0 Å². The molecule has 1 saturated heterocycles. The van der Waals surface area contributed by atoms with Crippen LogP contribution >= 0.6 is 23.2 Å². The number of anilines is 1. The molecule has 2 heterocycles. The van der Waals surface area contributed by atoms with E-state index in [0.717, 1.165) is 63.1 Å². The number of urea groups is 1. The molecule has 1 aliphatic heterocycles. The lowest BCUT2D eigenvalue weighted by Gasteiger charge is -2.37. The van der Waals surface area contributed by atoms with Gasteiger partial charge in [0.15, 0.2) is 0 Å². The monoisotopic (exact) mass is 568 g/mol. The summed E-state index contributed by atoms with van der Waals surface area (Å²) in [6, 6.07) is 8.09. The Balaban J connectivity index is 1.51. The van der Waals surface area contributed by atoms with E-state index in [2.05, 4.69) is 31.9 Å². The zero-order chi connectivity index (χ0) is 26.6. The smallest absolute Gasteiger partial charge is 0.321 e. The number of carbonyl (C=O) groups is 1. The van der Waals surface area contributed by atoms with Crippen molar-refractivity contribution >= 4 is 44.9 Å². The highest BCUT2D eigenvalue weighted by atomic mass is 35.5. The summed E-state index contributed by atoms with van der Waals surface area (Å²) in [5, 5.41) is 3.34. The molecule has 1 unspecified atom stereocenters. The highest BCUT2D eigenvalue weighted by Gasteiger charge is 2.29. The van der Waals surface area contributed by atoms with Gasteiger partial charge < -0.3 is 20.0 Å². The van der Waals surface area contributed by atoms with Crippen molar-refractivity contribution in [1.82, 2.24) is 24.4 Å². The van der Waals surface area contributed by atoms with Gasteiger partial charge in [0.25, 0.3) is 0 Å². The molecule has 9 nitrogen and oxygen atoms in total. The number of nitrogens with one attached hydrogen (secondary N) is 2. The fraction of sp³-hybridized carbons (Fsp3) is 0.520. The summed E-state index contributed by atoms with van der Waals surface area (Å²) in [4.78, 5) is 24.3. The molecule has 2 aliphatic rings. The van der Waals surface area contributed by atoms with Crippen LogP contribution in [0.3, 0.4) is 0 Å². The van der Waals surface area contributed by atoms with E-state index in [9.17, 15) is 13.2 Å². The summed E-state index contributed by atoms with van der Waals surface area (Å²) in [6.45, 7) is 5.64. The maximum Gasteiger partial charge on any atom is 0.322 e. The third-order valence-corrected chi connectivity index (χ3v) is 8.94. The second kappa shape index (κ2) is 12.3. The third kappa shape index (κ3) is 7.34. The number of amides is 2. The number of aryl methyl sites for hydroxylation is 1. The van der Waals surface area contributed by atoms with Gasteiger partial charge in [0.1, 0.15) is 10.3 Å². The van der Waals surface area contributed by atoms with Crippen molar-refractivity contribution in [3.05, 3.63) is 51.8 Å². The molecule has 1 aliphatic carbocycles. The summed E-state index contributed by atoms with van der Waals surface area (Å²) in [6.07, 6.45) is 2.99. The number of piperazine rings is 1. The number of benzene rings is 1. The number of rotatable bonds is 8. The van der Waals surface area contributed by atoms with Crippen molar-refractivity contribution in [3.8, 4) is 0 Å². The van der Waals surface area contributed by atoms with Crippen LogP contribution in [-0.2, 0) is 22.9 Å². The normalized spacial score (nSPS) is 18.9. The van der Waals surface area contributed by atoms with E-state index in [1.54, 1.807) is 24.3 Å². The number of hydrogen-bond donors (Lipinski definition) is 2. The molecule has 37 heavy (non-hydrogen) atoms. The van der Waals surface area contributed by atoms with Crippen LogP contribution in [0.15, 0.2) is 35.2 Å². The van der Waals surface area contributed by atoms with Crippen LogP contribution in [0.5, 0.6) is 0 Å². The van der Waals surface area contributed by atoms with Gasteiger partial charge in [-0.25, -0.2) is 22.9 Å². The quantitative estimate of drug-likeness (QED) is 0.474. The van der Waals surface area contributed by atoms with Crippen molar-refractivity contribution in [1.29, 1.82) is 0 Å². The van der Waals surface area contributed by atoms with Crippen molar-refractivity contribution < 1.29 is 13.2 Å². The fourth-order valence-electron chi connectivity index (χ4n) is 4.98. The van der Waals surface area contributed by atoms with E-state index in [1.807, 2.05) is 11.0 Å². The molecule has 0 bridgehead atoms. The number of pyridine rings is 1. The molecule has 2 amide bonds. The van der Waals surface area contributed by atoms with Gasteiger partial charge in [0.2, 0.25) is 10.0 Å². The number of hydrogen-bond acceptors (Lipinski definition) is 6. The highest BCUT2D eigenvalue weighted by molar-refractivity contribution is 7.89. The predicted octanol–water partition coefficient (Wildman–Crippen LogP) is 3.33. The number of fused-ring (bicyclic) bond motifs is 1. The van der Waals surface area contributed by atoms with Gasteiger partial charge in [-0.1, -0.05) is 29.3 Å². The Labute approximate surface area is 229 Å². The van der Waals surface area contributed by atoms with Gasteiger partial charge in [-0.3, -0.25) is 0 Å². The van der Waals surface area contributed by atoms with Crippen LogP contribution in [0.1, 0.15) is 24.0 Å². The lowest BCUT2D eigenvalue weighted by Crippen LogP contribution is -2.48. The van der Waals surface area contributed by atoms with Gasteiger partial charge in [0.05, 0.1) is 4.90 Å². The molecule has 1 aromatic heterocycles. The zero-order valence-corrected chi connectivity index (χ0v) is 23.5. The molecule has 4 rings (SSSR count). The van der Waals surface area contributed by atoms with Crippen molar-refractivity contribution in [2.45, 2.75) is 36.6 Å². The van der Waals surface area contributed by atoms with E-state index in [-0.39, 0.29) is 27.3 Å². The second-order valence-electron chi connectivity index (χ2n) is 9.66. The minimum absolute atomic E-state index is 0.0692. The number of halogens is 2. The topological polar surface area (TPSA) is 97.9 Å². The van der Waals surface area contributed by atoms with Crippen LogP contribution in [0, 0.1) is 0 Å². The molecule has 1 aromatic carbocycles. The number of nitrogens with zero attached hydrogens (tertiary/aromatic N) is 4. The molecule has 1 atom stereocenters. The maximum absolute atomic E-state index is 13.5. The largest absolute Gasteiger partial charge is 0.322 e. The molecule has 202 valence electrons. The average molecular weight is 570 g/mol. The average Bonchev–Trinajstić information content (AvgIpc) is 2.86. The summed E-state index contributed by atoms with van der Waals surface area (Å²) in [5.41, 5.74) is 2.56. The van der Waals surface area contributed by atoms with Gasteiger partial charge >= 0.3 is 6.03 Å². The van der Waals surface area contributed by atoms with Crippen molar-refractivity contribution in [2.24, 2.45) is 0 Å². The molecule has 0 spiro atoms. The third-order valence-electron chi connectivity index (χ3n) is 7.14. The molecule has 1 fully saturated rings.